The van der Waals surface area contributed by atoms with Gasteiger partial charge in [-0.3, -0.25) is 0 Å². The fraction of sp³-hybridized carbons (Fsp3) is 1.00. The molecule has 0 aromatic heterocycles. The van der Waals surface area contributed by atoms with E-state index < -0.39 is 0 Å². The first-order chi connectivity index (χ1) is 4.93. The van der Waals surface area contributed by atoms with Gasteiger partial charge in [-0.05, 0) is 25.8 Å². The first kappa shape index (κ1) is 8.02. The molecule has 0 aromatic rings. The normalized spacial score (nSPS) is 26.7. The van der Waals surface area contributed by atoms with Crippen LogP contribution in [0.25, 0.3) is 0 Å². The molecule has 1 heterocycles. The molecule has 2 nitrogen and oxygen atoms in total. The summed E-state index contributed by atoms with van der Waals surface area (Å²) in [5.41, 5.74) is 0. The smallest absolute Gasteiger partial charge is 0.0619 e. The standard InChI is InChI=1S/C8H17NO/c1-2-5-9-8-4-3-6-10-7-8/h8-9H,2-7H2,1H3/t8-/m1/s1. The van der Waals surface area contributed by atoms with Gasteiger partial charge in [-0.1, -0.05) is 6.92 Å². The van der Waals surface area contributed by atoms with Crippen LogP contribution in [0.2, 0.25) is 0 Å². The third-order valence-corrected chi connectivity index (χ3v) is 1.84. The fourth-order valence-electron chi connectivity index (χ4n) is 1.25. The Labute approximate surface area is 63.0 Å². The molecule has 0 amide bonds. The van der Waals surface area contributed by atoms with Gasteiger partial charge in [0, 0.05) is 12.6 Å². The maximum absolute atomic E-state index is 5.32. The van der Waals surface area contributed by atoms with Crippen molar-refractivity contribution in [1.82, 2.24) is 5.32 Å². The Kier molecular flexibility index (Phi) is 3.76. The van der Waals surface area contributed by atoms with E-state index in [-0.39, 0.29) is 0 Å². The van der Waals surface area contributed by atoms with Crippen LogP contribution in [0, 0.1) is 0 Å². The lowest BCUT2D eigenvalue weighted by atomic mass is 10.1. The van der Waals surface area contributed by atoms with E-state index in [1.54, 1.807) is 0 Å². The van der Waals surface area contributed by atoms with Crippen LogP contribution in [0.15, 0.2) is 0 Å². The van der Waals surface area contributed by atoms with Crippen LogP contribution in [-0.4, -0.2) is 25.8 Å². The molecule has 1 aliphatic heterocycles. The Morgan fingerprint density at radius 3 is 3.10 bits per heavy atom. The topological polar surface area (TPSA) is 21.3 Å². The molecule has 0 radical (unpaired) electrons. The van der Waals surface area contributed by atoms with Gasteiger partial charge in [0.15, 0.2) is 0 Å². The first-order valence-corrected chi connectivity index (χ1v) is 4.24. The minimum absolute atomic E-state index is 0.633. The molecule has 1 N–H and O–H groups in total. The van der Waals surface area contributed by atoms with Crippen LogP contribution < -0.4 is 5.32 Å². The van der Waals surface area contributed by atoms with Gasteiger partial charge in [-0.25, -0.2) is 0 Å². The van der Waals surface area contributed by atoms with Gasteiger partial charge >= 0.3 is 0 Å². The Bertz CT molecular complexity index is 79.3. The molecule has 0 aromatic carbocycles. The average Bonchev–Trinajstić information content (AvgIpc) is 2.03. The Morgan fingerprint density at radius 1 is 1.60 bits per heavy atom. The zero-order valence-corrected chi connectivity index (χ0v) is 6.73. The van der Waals surface area contributed by atoms with E-state index in [2.05, 4.69) is 12.2 Å². The van der Waals surface area contributed by atoms with Crippen LogP contribution in [0.3, 0.4) is 0 Å². The molecule has 0 unspecified atom stereocenters. The highest BCUT2D eigenvalue weighted by Gasteiger charge is 2.11. The summed E-state index contributed by atoms with van der Waals surface area (Å²) in [4.78, 5) is 0. The predicted octanol–water partition coefficient (Wildman–Crippen LogP) is 1.16. The van der Waals surface area contributed by atoms with Crippen molar-refractivity contribution in [1.29, 1.82) is 0 Å². The van der Waals surface area contributed by atoms with Gasteiger partial charge in [-0.15, -0.1) is 0 Å². The van der Waals surface area contributed by atoms with Gasteiger partial charge in [0.2, 0.25) is 0 Å². The summed E-state index contributed by atoms with van der Waals surface area (Å²) in [5, 5.41) is 3.45. The van der Waals surface area contributed by atoms with Crippen molar-refractivity contribution >= 4 is 0 Å². The highest BCUT2D eigenvalue weighted by Crippen LogP contribution is 2.04. The van der Waals surface area contributed by atoms with Crippen molar-refractivity contribution in [3.05, 3.63) is 0 Å². The third kappa shape index (κ3) is 2.67. The second kappa shape index (κ2) is 4.69. The summed E-state index contributed by atoms with van der Waals surface area (Å²) in [5.74, 6) is 0. The lowest BCUT2D eigenvalue weighted by molar-refractivity contribution is 0.0706. The van der Waals surface area contributed by atoms with Crippen molar-refractivity contribution in [3.8, 4) is 0 Å². The molecule has 1 fully saturated rings. The zero-order chi connectivity index (χ0) is 7.23. The van der Waals surface area contributed by atoms with Gasteiger partial charge in [0.05, 0.1) is 6.61 Å². The van der Waals surface area contributed by atoms with Crippen molar-refractivity contribution in [2.24, 2.45) is 0 Å². The zero-order valence-electron chi connectivity index (χ0n) is 6.73. The highest BCUT2D eigenvalue weighted by molar-refractivity contribution is 4.68. The van der Waals surface area contributed by atoms with E-state index >= 15 is 0 Å². The maximum atomic E-state index is 5.32. The highest BCUT2D eigenvalue weighted by atomic mass is 16.5. The average molecular weight is 143 g/mol. The Morgan fingerprint density at radius 2 is 2.50 bits per heavy atom. The Balaban J connectivity index is 2.02. The van der Waals surface area contributed by atoms with Crippen LogP contribution in [0.5, 0.6) is 0 Å². The van der Waals surface area contributed by atoms with Crippen molar-refractivity contribution in [2.75, 3.05) is 19.8 Å². The van der Waals surface area contributed by atoms with Crippen LogP contribution in [0.1, 0.15) is 26.2 Å². The van der Waals surface area contributed by atoms with Gasteiger partial charge in [-0.2, -0.15) is 0 Å². The van der Waals surface area contributed by atoms with E-state index in [0.29, 0.717) is 6.04 Å². The molecule has 1 saturated heterocycles. The molecule has 1 aliphatic rings. The van der Waals surface area contributed by atoms with Gasteiger partial charge in [0.25, 0.3) is 0 Å². The van der Waals surface area contributed by atoms with E-state index in [0.717, 1.165) is 19.8 Å². The lowest BCUT2D eigenvalue weighted by Crippen LogP contribution is -2.37. The molecular weight excluding hydrogens is 126 g/mol. The van der Waals surface area contributed by atoms with E-state index in [4.69, 9.17) is 4.74 Å². The molecular formula is C8H17NO. The molecule has 2 heteroatoms. The number of rotatable bonds is 3. The minimum Gasteiger partial charge on any atom is -0.380 e. The summed E-state index contributed by atoms with van der Waals surface area (Å²) in [6, 6.07) is 0.633. The summed E-state index contributed by atoms with van der Waals surface area (Å²) >= 11 is 0. The van der Waals surface area contributed by atoms with Crippen molar-refractivity contribution in [2.45, 2.75) is 32.2 Å². The summed E-state index contributed by atoms with van der Waals surface area (Å²) < 4.78 is 5.32. The summed E-state index contributed by atoms with van der Waals surface area (Å²) in [7, 11) is 0. The Hall–Kier alpha value is -0.0800. The molecule has 0 saturated carbocycles. The monoisotopic (exact) mass is 143 g/mol. The molecule has 60 valence electrons. The molecule has 0 bridgehead atoms. The third-order valence-electron chi connectivity index (χ3n) is 1.84. The second-order valence-electron chi connectivity index (χ2n) is 2.87. The van der Waals surface area contributed by atoms with Gasteiger partial charge in [0.1, 0.15) is 0 Å². The van der Waals surface area contributed by atoms with Gasteiger partial charge < -0.3 is 10.1 Å². The van der Waals surface area contributed by atoms with Crippen molar-refractivity contribution in [3.63, 3.8) is 0 Å². The number of nitrogens with one attached hydrogen (secondary N) is 1. The molecule has 1 atom stereocenters. The number of hydrogen-bond acceptors (Lipinski definition) is 2. The van der Waals surface area contributed by atoms with E-state index in [1.807, 2.05) is 0 Å². The second-order valence-corrected chi connectivity index (χ2v) is 2.87. The number of ether oxygens (including phenoxy) is 1. The molecule has 1 rings (SSSR count). The molecule has 0 spiro atoms. The summed E-state index contributed by atoms with van der Waals surface area (Å²) in [6.45, 7) is 5.20. The quantitative estimate of drug-likeness (QED) is 0.640. The van der Waals surface area contributed by atoms with E-state index in [9.17, 15) is 0 Å². The maximum Gasteiger partial charge on any atom is 0.0619 e. The molecule has 10 heavy (non-hydrogen) atoms. The van der Waals surface area contributed by atoms with E-state index in [1.165, 1.54) is 19.3 Å². The largest absolute Gasteiger partial charge is 0.380 e. The molecule has 0 aliphatic carbocycles. The van der Waals surface area contributed by atoms with Crippen LogP contribution in [-0.2, 0) is 4.74 Å². The van der Waals surface area contributed by atoms with Crippen LogP contribution >= 0.6 is 0 Å². The fourth-order valence-corrected chi connectivity index (χ4v) is 1.25. The lowest BCUT2D eigenvalue weighted by Gasteiger charge is -2.22. The minimum atomic E-state index is 0.633. The summed E-state index contributed by atoms with van der Waals surface area (Å²) in [6.07, 6.45) is 3.73. The SMILES string of the molecule is CCCN[C@@H]1CCCOC1. The predicted molar refractivity (Wildman–Crippen MR) is 42.1 cm³/mol. The van der Waals surface area contributed by atoms with Crippen molar-refractivity contribution < 1.29 is 4.74 Å². The first-order valence-electron chi connectivity index (χ1n) is 4.24. The van der Waals surface area contributed by atoms with Crippen LogP contribution in [0.4, 0.5) is 0 Å². The number of hydrogen-bond donors (Lipinski definition) is 1.